The fourth-order valence-corrected chi connectivity index (χ4v) is 3.36. The number of hydrogen-bond acceptors (Lipinski definition) is 2. The molecule has 0 aliphatic rings. The minimum absolute atomic E-state index is 0.735. The van der Waals surface area contributed by atoms with Crippen LogP contribution in [0.25, 0.3) is 16.1 Å². The van der Waals surface area contributed by atoms with E-state index in [2.05, 4.69) is 61.5 Å². The number of thioether (sulfide) groups is 1. The van der Waals surface area contributed by atoms with Crippen LogP contribution in [0.3, 0.4) is 0 Å². The Kier molecular flexibility index (Phi) is 8.99. The van der Waals surface area contributed by atoms with E-state index in [1.165, 1.54) is 21.6 Å². The van der Waals surface area contributed by atoms with E-state index in [1.807, 2.05) is 0 Å². The first-order valence-electron chi connectivity index (χ1n) is 9.90. The summed E-state index contributed by atoms with van der Waals surface area (Å²) in [5, 5.41) is 9.42. The van der Waals surface area contributed by atoms with Gasteiger partial charge in [0.25, 0.3) is 0 Å². The topological polar surface area (TPSA) is 28.1 Å². The molecule has 0 N–H and O–H groups in total. The van der Waals surface area contributed by atoms with Gasteiger partial charge < -0.3 is 0 Å². The molecular weight excluding hydrogens is 457 g/mol. The standard InChI is InChI=1S/C21H27N2S.F6P/c1-4-6-8-17-15-21(23-22)18(9-7-5-2)14-20(17)16-10-12-19(24-3)13-11-16;1-7(2,3,4,5)6/h10-15H,4-9H2,1-3H3;/q+1;-1. The van der Waals surface area contributed by atoms with Crippen LogP contribution < -0.4 is 0 Å². The Hall–Kier alpha value is -1.78. The van der Waals surface area contributed by atoms with Crippen molar-refractivity contribution in [3.63, 3.8) is 0 Å². The Labute approximate surface area is 183 Å². The van der Waals surface area contributed by atoms with E-state index < -0.39 is 7.81 Å². The van der Waals surface area contributed by atoms with Crippen molar-refractivity contribution in [1.82, 2.24) is 0 Å². The molecule has 0 aliphatic carbocycles. The molecule has 0 saturated carbocycles. The Morgan fingerprint density at radius 2 is 1.32 bits per heavy atom. The molecule has 0 saturated heterocycles. The van der Waals surface area contributed by atoms with E-state index in [1.54, 1.807) is 11.8 Å². The van der Waals surface area contributed by atoms with Crippen LogP contribution in [0.1, 0.15) is 50.7 Å². The van der Waals surface area contributed by atoms with Crippen molar-refractivity contribution in [3.05, 3.63) is 52.5 Å². The van der Waals surface area contributed by atoms with Crippen molar-refractivity contribution in [2.24, 2.45) is 0 Å². The number of rotatable bonds is 8. The second-order valence-electron chi connectivity index (χ2n) is 7.13. The van der Waals surface area contributed by atoms with Gasteiger partial charge in [0.15, 0.2) is 4.98 Å². The zero-order chi connectivity index (χ0) is 23.8. The fraction of sp³-hybridized carbons (Fsp3) is 0.429. The number of halogens is 6. The van der Waals surface area contributed by atoms with E-state index in [9.17, 15) is 30.6 Å². The molecule has 0 fully saturated rings. The van der Waals surface area contributed by atoms with Gasteiger partial charge in [-0.25, -0.2) is 0 Å². The molecule has 2 rings (SSSR count). The van der Waals surface area contributed by atoms with Gasteiger partial charge in [0.1, 0.15) is 0 Å². The van der Waals surface area contributed by atoms with Gasteiger partial charge in [-0.2, -0.15) is 0 Å². The van der Waals surface area contributed by atoms with Crippen molar-refractivity contribution in [3.8, 4) is 11.1 Å². The second-order valence-corrected chi connectivity index (χ2v) is 9.93. The monoisotopic (exact) mass is 484 g/mol. The Morgan fingerprint density at radius 3 is 1.74 bits per heavy atom. The third kappa shape index (κ3) is 12.0. The van der Waals surface area contributed by atoms with Crippen LogP contribution in [0.4, 0.5) is 30.9 Å². The molecular formula is C21H27F6N2PS. The number of hydrogen-bond donors (Lipinski definition) is 0. The van der Waals surface area contributed by atoms with E-state index in [0.717, 1.165) is 49.8 Å². The first-order valence-corrected chi connectivity index (χ1v) is 13.2. The summed E-state index contributed by atoms with van der Waals surface area (Å²) in [5.41, 5.74) is 5.69. The van der Waals surface area contributed by atoms with Crippen molar-refractivity contribution in [1.29, 1.82) is 5.39 Å². The summed E-state index contributed by atoms with van der Waals surface area (Å²) in [4.78, 5) is 4.83. The molecule has 0 heterocycles. The van der Waals surface area contributed by atoms with Gasteiger partial charge in [0.2, 0.25) is 5.39 Å². The molecule has 2 aromatic rings. The van der Waals surface area contributed by atoms with E-state index in [-0.39, 0.29) is 0 Å². The second kappa shape index (κ2) is 10.2. The maximum atomic E-state index is 9.87. The molecule has 0 unspecified atom stereocenters. The van der Waals surface area contributed by atoms with E-state index >= 15 is 0 Å². The van der Waals surface area contributed by atoms with E-state index in [4.69, 9.17) is 0 Å². The van der Waals surface area contributed by atoms with Gasteiger partial charge in [-0.05, 0) is 66.8 Å². The summed E-state index contributed by atoms with van der Waals surface area (Å²) in [6.45, 7) is 4.40. The van der Waals surface area contributed by atoms with Crippen LogP contribution in [0.2, 0.25) is 0 Å². The molecule has 10 heteroatoms. The number of unbranched alkanes of at least 4 members (excludes halogenated alkanes) is 2. The van der Waals surface area contributed by atoms with Gasteiger partial charge in [-0.3, -0.25) is 0 Å². The van der Waals surface area contributed by atoms with Crippen molar-refractivity contribution in [2.45, 2.75) is 57.3 Å². The van der Waals surface area contributed by atoms with Crippen LogP contribution in [-0.2, 0) is 12.8 Å². The van der Waals surface area contributed by atoms with Gasteiger partial charge in [-0.15, -0.1) is 11.8 Å². The van der Waals surface area contributed by atoms with Gasteiger partial charge >= 0.3 is 38.7 Å². The minimum atomic E-state index is -10.7. The first-order chi connectivity index (χ1) is 14.2. The maximum absolute atomic E-state index is 10.7. The van der Waals surface area contributed by atoms with Gasteiger partial charge in [0, 0.05) is 16.5 Å². The third-order valence-corrected chi connectivity index (χ3v) is 5.16. The van der Waals surface area contributed by atoms with Crippen LogP contribution in [0, 0.1) is 5.39 Å². The van der Waals surface area contributed by atoms with Gasteiger partial charge in [-0.1, -0.05) is 38.8 Å². The summed E-state index contributed by atoms with van der Waals surface area (Å²) in [5.74, 6) is 0. The third-order valence-electron chi connectivity index (χ3n) is 4.41. The predicted octanol–water partition coefficient (Wildman–Crippen LogP) is 10.6. The van der Waals surface area contributed by atoms with Crippen LogP contribution in [0.15, 0.2) is 41.3 Å². The normalized spacial score (nSPS) is 13.4. The summed E-state index contributed by atoms with van der Waals surface area (Å²) in [6, 6.07) is 13.1. The fourth-order valence-electron chi connectivity index (χ4n) is 2.95. The van der Waals surface area contributed by atoms with Crippen molar-refractivity contribution >= 4 is 25.3 Å². The molecule has 0 bridgehead atoms. The molecule has 0 aliphatic heterocycles. The average molecular weight is 484 g/mol. The summed E-state index contributed by atoms with van der Waals surface area (Å²) < 4.78 is 59.2. The zero-order valence-electron chi connectivity index (χ0n) is 17.7. The molecule has 0 atom stereocenters. The quantitative estimate of drug-likeness (QED) is 0.161. The number of diazo groups is 1. The SMILES string of the molecule is CCCCc1cc(-c2ccc(SC)cc2)c(CCCC)cc1[N+]#N.F[P-](F)(F)(F)(F)F. The number of nitrogens with zero attached hydrogens (tertiary/aromatic N) is 2. The molecule has 0 amide bonds. The predicted molar refractivity (Wildman–Crippen MR) is 119 cm³/mol. The van der Waals surface area contributed by atoms with Crippen LogP contribution in [0.5, 0.6) is 0 Å². The van der Waals surface area contributed by atoms with Crippen LogP contribution in [-0.4, -0.2) is 6.26 Å². The number of benzene rings is 2. The zero-order valence-corrected chi connectivity index (χ0v) is 19.4. The Bertz CT molecular complexity index is 896. The Morgan fingerprint density at radius 1 is 0.839 bits per heavy atom. The van der Waals surface area contributed by atoms with Crippen LogP contribution >= 0.6 is 19.6 Å². The van der Waals surface area contributed by atoms with Gasteiger partial charge in [0.05, 0.1) is 0 Å². The Balaban J connectivity index is 0.000000592. The molecule has 2 aromatic carbocycles. The molecule has 2 nitrogen and oxygen atoms in total. The van der Waals surface area contributed by atoms with Crippen molar-refractivity contribution in [2.75, 3.05) is 6.26 Å². The summed E-state index contributed by atoms with van der Waals surface area (Å²) >= 11 is 1.76. The first kappa shape index (κ1) is 27.3. The summed E-state index contributed by atoms with van der Waals surface area (Å²) in [6.07, 6.45) is 8.64. The number of aryl methyl sites for hydroxylation is 2. The molecule has 31 heavy (non-hydrogen) atoms. The molecule has 0 spiro atoms. The van der Waals surface area contributed by atoms with E-state index in [0.29, 0.717) is 0 Å². The molecule has 0 aromatic heterocycles. The average Bonchev–Trinajstić information content (AvgIpc) is 2.68. The van der Waals surface area contributed by atoms with Crippen molar-refractivity contribution < 1.29 is 25.2 Å². The summed E-state index contributed by atoms with van der Waals surface area (Å²) in [7, 11) is -10.7. The molecule has 174 valence electrons. The molecule has 0 radical (unpaired) electrons.